The van der Waals surface area contributed by atoms with E-state index < -0.39 is 0 Å². The SMILES string of the molecule is Cc1cc(C)n(-c2ccccc2CNC(=NCc2ccccc2)NCc2nnc(C)n2C)n1.I. The van der Waals surface area contributed by atoms with E-state index in [0.717, 1.165) is 39.9 Å². The molecule has 9 heteroatoms. The second-order valence-corrected chi connectivity index (χ2v) is 8.05. The maximum atomic E-state index is 4.80. The molecule has 0 bridgehead atoms. The zero-order chi connectivity index (χ0) is 23.2. The Bertz CT molecular complexity index is 1240. The van der Waals surface area contributed by atoms with Crippen LogP contribution in [0.1, 0.15) is 34.2 Å². The number of hydrogen-bond acceptors (Lipinski definition) is 4. The highest BCUT2D eigenvalue weighted by atomic mass is 127. The van der Waals surface area contributed by atoms with E-state index in [0.29, 0.717) is 25.6 Å². The highest BCUT2D eigenvalue weighted by molar-refractivity contribution is 14.0. The quantitative estimate of drug-likeness (QED) is 0.200. The summed E-state index contributed by atoms with van der Waals surface area (Å²) in [4.78, 5) is 4.80. The molecule has 8 nitrogen and oxygen atoms in total. The van der Waals surface area contributed by atoms with Gasteiger partial charge in [0.05, 0.1) is 24.5 Å². The van der Waals surface area contributed by atoms with Crippen molar-refractivity contribution >= 4 is 29.9 Å². The van der Waals surface area contributed by atoms with E-state index in [1.807, 2.05) is 60.5 Å². The standard InChI is InChI=1S/C25H30N8.HI/c1-18-14-19(2)33(31-18)23-13-9-8-12-22(23)16-27-25(26-15-21-10-6-5-7-11-21)28-17-24-30-29-20(3)32(24)4;/h5-14H,15-17H2,1-4H3,(H2,26,27,28);1H. The van der Waals surface area contributed by atoms with Gasteiger partial charge >= 0.3 is 0 Å². The average Bonchev–Trinajstić information content (AvgIpc) is 3.34. The molecule has 4 aromatic rings. The van der Waals surface area contributed by atoms with E-state index in [2.05, 4.69) is 63.2 Å². The Kier molecular flexibility index (Phi) is 8.80. The van der Waals surface area contributed by atoms with Crippen molar-refractivity contribution in [2.45, 2.75) is 40.4 Å². The van der Waals surface area contributed by atoms with Gasteiger partial charge in [0.15, 0.2) is 11.8 Å². The minimum Gasteiger partial charge on any atom is -0.352 e. The van der Waals surface area contributed by atoms with Crippen LogP contribution in [0.3, 0.4) is 0 Å². The summed E-state index contributed by atoms with van der Waals surface area (Å²) in [5.74, 6) is 2.44. The van der Waals surface area contributed by atoms with Gasteiger partial charge < -0.3 is 15.2 Å². The second kappa shape index (κ2) is 11.8. The van der Waals surface area contributed by atoms with Crippen molar-refractivity contribution in [2.75, 3.05) is 0 Å². The van der Waals surface area contributed by atoms with E-state index in [1.165, 1.54) is 0 Å². The van der Waals surface area contributed by atoms with Gasteiger partial charge in [-0.05, 0) is 44.0 Å². The average molecular weight is 570 g/mol. The molecule has 2 aromatic carbocycles. The van der Waals surface area contributed by atoms with Gasteiger partial charge in [0.1, 0.15) is 5.82 Å². The molecule has 34 heavy (non-hydrogen) atoms. The molecular formula is C25H31IN8. The van der Waals surface area contributed by atoms with Gasteiger partial charge in [-0.1, -0.05) is 48.5 Å². The Morgan fingerprint density at radius 2 is 1.62 bits per heavy atom. The minimum absolute atomic E-state index is 0. The number of aliphatic imine (C=N–C) groups is 1. The first-order valence-electron chi connectivity index (χ1n) is 11.0. The molecule has 4 rings (SSSR count). The Balaban J connectivity index is 0.00000324. The molecule has 0 spiro atoms. The summed E-state index contributed by atoms with van der Waals surface area (Å²) in [6, 6.07) is 20.6. The number of aryl methyl sites for hydroxylation is 3. The van der Waals surface area contributed by atoms with Crippen LogP contribution in [0.15, 0.2) is 65.7 Å². The third kappa shape index (κ3) is 6.22. The number of rotatable bonds is 7. The molecule has 0 radical (unpaired) electrons. The predicted molar refractivity (Wildman–Crippen MR) is 145 cm³/mol. The molecule has 0 unspecified atom stereocenters. The summed E-state index contributed by atoms with van der Waals surface area (Å²) in [6.45, 7) is 7.73. The fourth-order valence-electron chi connectivity index (χ4n) is 3.61. The minimum atomic E-state index is 0. The van der Waals surface area contributed by atoms with Crippen LogP contribution in [-0.2, 0) is 26.7 Å². The van der Waals surface area contributed by atoms with Crippen molar-refractivity contribution in [2.24, 2.45) is 12.0 Å². The van der Waals surface area contributed by atoms with Crippen molar-refractivity contribution in [3.63, 3.8) is 0 Å². The molecule has 0 saturated carbocycles. The molecule has 0 saturated heterocycles. The first-order valence-corrected chi connectivity index (χ1v) is 11.0. The van der Waals surface area contributed by atoms with Crippen LogP contribution >= 0.6 is 24.0 Å². The molecule has 0 fully saturated rings. The lowest BCUT2D eigenvalue weighted by Gasteiger charge is -2.15. The number of nitrogens with zero attached hydrogens (tertiary/aromatic N) is 6. The molecule has 178 valence electrons. The molecule has 0 atom stereocenters. The molecule has 2 heterocycles. The van der Waals surface area contributed by atoms with Gasteiger partial charge in [-0.2, -0.15) is 5.10 Å². The fraction of sp³-hybridized carbons (Fsp3) is 0.280. The summed E-state index contributed by atoms with van der Waals surface area (Å²) >= 11 is 0. The summed E-state index contributed by atoms with van der Waals surface area (Å²) in [6.07, 6.45) is 0. The fourth-order valence-corrected chi connectivity index (χ4v) is 3.61. The van der Waals surface area contributed by atoms with Crippen molar-refractivity contribution in [1.82, 2.24) is 35.2 Å². The van der Waals surface area contributed by atoms with Crippen LogP contribution in [0, 0.1) is 20.8 Å². The Morgan fingerprint density at radius 1 is 0.912 bits per heavy atom. The lowest BCUT2D eigenvalue weighted by molar-refractivity contribution is 0.712. The number of hydrogen-bond donors (Lipinski definition) is 2. The van der Waals surface area contributed by atoms with Gasteiger partial charge in [0.25, 0.3) is 0 Å². The number of aromatic nitrogens is 5. The highest BCUT2D eigenvalue weighted by Crippen LogP contribution is 2.17. The van der Waals surface area contributed by atoms with Gasteiger partial charge in [-0.3, -0.25) is 0 Å². The molecule has 0 aliphatic rings. The Morgan fingerprint density at radius 3 is 2.29 bits per heavy atom. The molecule has 0 aliphatic heterocycles. The van der Waals surface area contributed by atoms with Gasteiger partial charge in [-0.25, -0.2) is 9.67 Å². The summed E-state index contributed by atoms with van der Waals surface area (Å²) < 4.78 is 3.96. The second-order valence-electron chi connectivity index (χ2n) is 8.05. The monoisotopic (exact) mass is 570 g/mol. The van der Waals surface area contributed by atoms with E-state index in [4.69, 9.17) is 4.99 Å². The smallest absolute Gasteiger partial charge is 0.192 e. The topological polar surface area (TPSA) is 85.0 Å². The zero-order valence-electron chi connectivity index (χ0n) is 20.0. The summed E-state index contributed by atoms with van der Waals surface area (Å²) in [5, 5.41) is 19.9. The molecule has 2 aromatic heterocycles. The van der Waals surface area contributed by atoms with Crippen molar-refractivity contribution in [1.29, 1.82) is 0 Å². The van der Waals surface area contributed by atoms with Gasteiger partial charge in [0, 0.05) is 19.3 Å². The number of benzene rings is 2. The van der Waals surface area contributed by atoms with Gasteiger partial charge in [-0.15, -0.1) is 34.2 Å². The lowest BCUT2D eigenvalue weighted by Crippen LogP contribution is -2.37. The molecule has 0 amide bonds. The zero-order valence-corrected chi connectivity index (χ0v) is 22.3. The Labute approximate surface area is 217 Å². The lowest BCUT2D eigenvalue weighted by atomic mass is 10.1. The maximum Gasteiger partial charge on any atom is 0.192 e. The highest BCUT2D eigenvalue weighted by Gasteiger charge is 2.10. The summed E-state index contributed by atoms with van der Waals surface area (Å²) in [7, 11) is 1.96. The van der Waals surface area contributed by atoms with E-state index in [1.54, 1.807) is 0 Å². The Hall–Kier alpha value is -3.21. The number of guanidine groups is 1. The van der Waals surface area contributed by atoms with Crippen LogP contribution in [-0.4, -0.2) is 30.5 Å². The first-order chi connectivity index (χ1) is 16.0. The van der Waals surface area contributed by atoms with Crippen LogP contribution in [0.2, 0.25) is 0 Å². The van der Waals surface area contributed by atoms with E-state index in [9.17, 15) is 0 Å². The van der Waals surface area contributed by atoms with Crippen LogP contribution in [0.5, 0.6) is 0 Å². The number of nitrogens with one attached hydrogen (secondary N) is 2. The third-order valence-electron chi connectivity index (χ3n) is 5.53. The molecular weight excluding hydrogens is 539 g/mol. The number of halogens is 1. The molecule has 2 N–H and O–H groups in total. The van der Waals surface area contributed by atoms with Crippen LogP contribution in [0.4, 0.5) is 0 Å². The van der Waals surface area contributed by atoms with Crippen molar-refractivity contribution in [3.8, 4) is 5.69 Å². The largest absolute Gasteiger partial charge is 0.352 e. The molecule has 0 aliphatic carbocycles. The van der Waals surface area contributed by atoms with Gasteiger partial charge in [0.2, 0.25) is 0 Å². The van der Waals surface area contributed by atoms with Crippen molar-refractivity contribution < 1.29 is 0 Å². The first kappa shape index (κ1) is 25.4. The summed E-state index contributed by atoms with van der Waals surface area (Å²) in [5.41, 5.74) is 5.44. The van der Waals surface area contributed by atoms with Crippen molar-refractivity contribution in [3.05, 3.63) is 94.8 Å². The third-order valence-corrected chi connectivity index (χ3v) is 5.53. The van der Waals surface area contributed by atoms with Crippen LogP contribution < -0.4 is 10.6 Å². The predicted octanol–water partition coefficient (Wildman–Crippen LogP) is 3.98. The number of para-hydroxylation sites is 1. The van der Waals surface area contributed by atoms with E-state index >= 15 is 0 Å². The normalized spacial score (nSPS) is 11.2. The van der Waals surface area contributed by atoms with E-state index in [-0.39, 0.29) is 24.0 Å². The maximum absolute atomic E-state index is 4.80. The van der Waals surface area contributed by atoms with Crippen LogP contribution in [0.25, 0.3) is 5.69 Å².